The SMILES string of the molecule is CCc1ccccc1-n1nc(Cc2ccccc2OC)c2c1NCCCC2. The van der Waals surface area contributed by atoms with Crippen molar-refractivity contribution in [2.24, 2.45) is 0 Å². The minimum Gasteiger partial charge on any atom is -0.496 e. The number of hydrogen-bond acceptors (Lipinski definition) is 3. The van der Waals surface area contributed by atoms with Crippen molar-refractivity contribution in [1.82, 2.24) is 9.78 Å². The smallest absolute Gasteiger partial charge is 0.133 e. The van der Waals surface area contributed by atoms with Gasteiger partial charge in [0.15, 0.2) is 0 Å². The molecule has 0 atom stereocenters. The number of nitrogens with one attached hydrogen (secondary N) is 1. The molecule has 0 aliphatic carbocycles. The van der Waals surface area contributed by atoms with Crippen LogP contribution in [0.25, 0.3) is 5.69 Å². The number of anilines is 1. The fourth-order valence-electron chi connectivity index (χ4n) is 3.94. The van der Waals surface area contributed by atoms with E-state index in [9.17, 15) is 0 Å². The van der Waals surface area contributed by atoms with E-state index in [0.717, 1.165) is 37.3 Å². The van der Waals surface area contributed by atoms with Crippen LogP contribution in [-0.2, 0) is 19.3 Å². The van der Waals surface area contributed by atoms with Gasteiger partial charge in [0.25, 0.3) is 0 Å². The van der Waals surface area contributed by atoms with Crippen molar-refractivity contribution < 1.29 is 4.74 Å². The maximum atomic E-state index is 5.56. The van der Waals surface area contributed by atoms with Crippen molar-refractivity contribution in [2.75, 3.05) is 19.0 Å². The summed E-state index contributed by atoms with van der Waals surface area (Å²) in [5.41, 5.74) is 6.18. The van der Waals surface area contributed by atoms with Crippen LogP contribution in [0.3, 0.4) is 0 Å². The monoisotopic (exact) mass is 361 g/mol. The predicted molar refractivity (Wildman–Crippen MR) is 110 cm³/mol. The summed E-state index contributed by atoms with van der Waals surface area (Å²) in [7, 11) is 1.73. The number of nitrogens with zero attached hydrogens (tertiary/aromatic N) is 2. The first-order valence-corrected chi connectivity index (χ1v) is 9.86. The van der Waals surface area contributed by atoms with Crippen molar-refractivity contribution >= 4 is 5.82 Å². The molecule has 0 radical (unpaired) electrons. The third-order valence-electron chi connectivity index (χ3n) is 5.36. The molecule has 4 nitrogen and oxygen atoms in total. The minimum absolute atomic E-state index is 0.787. The van der Waals surface area contributed by atoms with Crippen LogP contribution < -0.4 is 10.1 Å². The summed E-state index contributed by atoms with van der Waals surface area (Å²) >= 11 is 0. The fourth-order valence-corrected chi connectivity index (χ4v) is 3.94. The van der Waals surface area contributed by atoms with Crippen LogP contribution in [0.5, 0.6) is 5.75 Å². The molecule has 1 aliphatic rings. The molecular formula is C23H27N3O. The number of para-hydroxylation sites is 2. The summed E-state index contributed by atoms with van der Waals surface area (Å²) in [5, 5.41) is 8.73. The van der Waals surface area contributed by atoms with Crippen molar-refractivity contribution in [2.45, 2.75) is 39.0 Å². The van der Waals surface area contributed by atoms with Crippen LogP contribution in [-0.4, -0.2) is 23.4 Å². The quantitative estimate of drug-likeness (QED) is 0.711. The molecular weight excluding hydrogens is 334 g/mol. The molecule has 0 saturated carbocycles. The number of aromatic nitrogens is 2. The maximum absolute atomic E-state index is 5.56. The van der Waals surface area contributed by atoms with Crippen molar-refractivity contribution in [3.05, 3.63) is 70.9 Å². The summed E-state index contributed by atoms with van der Waals surface area (Å²) in [6.45, 7) is 3.20. The second-order valence-electron chi connectivity index (χ2n) is 7.04. The number of ether oxygens (including phenoxy) is 1. The fraction of sp³-hybridized carbons (Fsp3) is 0.348. The van der Waals surface area contributed by atoms with Crippen LogP contribution >= 0.6 is 0 Å². The molecule has 4 rings (SSSR count). The molecule has 0 spiro atoms. The predicted octanol–water partition coefficient (Wildman–Crippen LogP) is 4.78. The van der Waals surface area contributed by atoms with Gasteiger partial charge >= 0.3 is 0 Å². The molecule has 4 heteroatoms. The Morgan fingerprint density at radius 3 is 2.63 bits per heavy atom. The van der Waals surface area contributed by atoms with E-state index in [1.807, 2.05) is 12.1 Å². The molecule has 140 valence electrons. The second-order valence-corrected chi connectivity index (χ2v) is 7.04. The highest BCUT2D eigenvalue weighted by Gasteiger charge is 2.22. The molecule has 0 unspecified atom stereocenters. The zero-order chi connectivity index (χ0) is 18.6. The van der Waals surface area contributed by atoms with Crippen molar-refractivity contribution in [1.29, 1.82) is 0 Å². The first-order valence-electron chi connectivity index (χ1n) is 9.86. The van der Waals surface area contributed by atoms with Gasteiger partial charge in [-0.3, -0.25) is 0 Å². The Labute approximate surface area is 161 Å². The van der Waals surface area contributed by atoms with Crippen LogP contribution in [0.2, 0.25) is 0 Å². The van der Waals surface area contributed by atoms with Gasteiger partial charge in [-0.15, -0.1) is 0 Å². The van der Waals surface area contributed by atoms with Gasteiger partial charge in [-0.25, -0.2) is 4.68 Å². The second kappa shape index (κ2) is 7.87. The van der Waals surface area contributed by atoms with Crippen LogP contribution in [0.4, 0.5) is 5.82 Å². The highest BCUT2D eigenvalue weighted by atomic mass is 16.5. The number of rotatable bonds is 5. The van der Waals surface area contributed by atoms with Gasteiger partial charge in [-0.1, -0.05) is 43.3 Å². The average molecular weight is 361 g/mol. The van der Waals surface area contributed by atoms with Gasteiger partial charge in [-0.05, 0) is 43.4 Å². The number of methoxy groups -OCH3 is 1. The van der Waals surface area contributed by atoms with Gasteiger partial charge in [0.1, 0.15) is 11.6 Å². The highest BCUT2D eigenvalue weighted by Crippen LogP contribution is 2.32. The number of fused-ring (bicyclic) bond motifs is 1. The summed E-state index contributed by atoms with van der Waals surface area (Å²) < 4.78 is 7.69. The van der Waals surface area contributed by atoms with Crippen molar-refractivity contribution in [3.8, 4) is 11.4 Å². The average Bonchev–Trinajstić information content (AvgIpc) is 2.89. The molecule has 1 aliphatic heterocycles. The summed E-state index contributed by atoms with van der Waals surface area (Å²) in [6, 6.07) is 16.8. The molecule has 1 N–H and O–H groups in total. The van der Waals surface area contributed by atoms with E-state index in [0.29, 0.717) is 0 Å². The largest absolute Gasteiger partial charge is 0.496 e. The van der Waals surface area contributed by atoms with E-state index in [2.05, 4.69) is 53.3 Å². The topological polar surface area (TPSA) is 39.1 Å². The molecule has 3 aromatic rings. The van der Waals surface area contributed by atoms with Crippen molar-refractivity contribution in [3.63, 3.8) is 0 Å². The number of benzene rings is 2. The van der Waals surface area contributed by atoms with Gasteiger partial charge in [0.05, 0.1) is 18.5 Å². The first kappa shape index (κ1) is 17.7. The van der Waals surface area contributed by atoms with Gasteiger partial charge in [0, 0.05) is 24.1 Å². The number of aryl methyl sites for hydroxylation is 1. The van der Waals surface area contributed by atoms with Gasteiger partial charge in [-0.2, -0.15) is 5.10 Å². The lowest BCUT2D eigenvalue weighted by atomic mass is 10.0. The standard InChI is InChI=1S/C23H27N3O/c1-3-17-10-4-6-13-21(17)26-23-19(12-8-9-15-24-23)20(25-26)16-18-11-5-7-14-22(18)27-2/h4-7,10-11,13-14,24H,3,8-9,12,15-16H2,1-2H3. The minimum atomic E-state index is 0.787. The lowest BCUT2D eigenvalue weighted by Gasteiger charge is -2.12. The maximum Gasteiger partial charge on any atom is 0.133 e. The van der Waals surface area contributed by atoms with E-state index < -0.39 is 0 Å². The Kier molecular flexibility index (Phi) is 5.14. The molecule has 27 heavy (non-hydrogen) atoms. The van der Waals surface area contributed by atoms with Crippen LogP contribution in [0.1, 0.15) is 42.1 Å². The van der Waals surface area contributed by atoms with E-state index >= 15 is 0 Å². The van der Waals surface area contributed by atoms with Crippen LogP contribution in [0, 0.1) is 0 Å². The summed E-state index contributed by atoms with van der Waals surface area (Å²) in [4.78, 5) is 0. The first-order chi connectivity index (χ1) is 13.3. The van der Waals surface area contributed by atoms with E-state index in [-0.39, 0.29) is 0 Å². The Morgan fingerprint density at radius 2 is 1.81 bits per heavy atom. The molecule has 0 fully saturated rings. The Hall–Kier alpha value is -2.75. The Morgan fingerprint density at radius 1 is 1.04 bits per heavy atom. The molecule has 2 aromatic carbocycles. The highest BCUT2D eigenvalue weighted by molar-refractivity contribution is 5.57. The lowest BCUT2D eigenvalue weighted by molar-refractivity contribution is 0.410. The van der Waals surface area contributed by atoms with E-state index in [1.165, 1.54) is 41.0 Å². The zero-order valence-corrected chi connectivity index (χ0v) is 16.2. The number of hydrogen-bond donors (Lipinski definition) is 1. The van der Waals surface area contributed by atoms with E-state index in [1.54, 1.807) is 7.11 Å². The summed E-state index contributed by atoms with van der Waals surface area (Å²) in [6.07, 6.45) is 5.24. The van der Waals surface area contributed by atoms with Gasteiger partial charge < -0.3 is 10.1 Å². The van der Waals surface area contributed by atoms with Gasteiger partial charge in [0.2, 0.25) is 0 Å². The molecule has 1 aromatic heterocycles. The third kappa shape index (κ3) is 3.44. The summed E-state index contributed by atoms with van der Waals surface area (Å²) in [5.74, 6) is 2.09. The normalized spacial score (nSPS) is 13.6. The Bertz CT molecular complexity index is 929. The lowest BCUT2D eigenvalue weighted by Crippen LogP contribution is -2.08. The third-order valence-corrected chi connectivity index (χ3v) is 5.36. The molecule has 0 amide bonds. The van der Waals surface area contributed by atoms with E-state index in [4.69, 9.17) is 9.84 Å². The molecule has 2 heterocycles. The molecule has 0 saturated heterocycles. The van der Waals surface area contributed by atoms with Crippen LogP contribution in [0.15, 0.2) is 48.5 Å². The molecule has 0 bridgehead atoms. The zero-order valence-electron chi connectivity index (χ0n) is 16.2. The Balaban J connectivity index is 1.82.